The quantitative estimate of drug-likeness (QED) is 0.774. The number of nitrogens with one attached hydrogen (secondary N) is 1. The van der Waals surface area contributed by atoms with Crippen molar-refractivity contribution in [1.82, 2.24) is 10.2 Å². The Balaban J connectivity index is 1.87. The summed E-state index contributed by atoms with van der Waals surface area (Å²) < 4.78 is 5.70. The lowest BCUT2D eigenvalue weighted by Crippen LogP contribution is -2.53. The maximum Gasteiger partial charge on any atom is 0.0674 e. The van der Waals surface area contributed by atoms with Crippen LogP contribution < -0.4 is 5.32 Å². The first-order valence-electron chi connectivity index (χ1n) is 6.75. The van der Waals surface area contributed by atoms with Crippen LogP contribution in [0.5, 0.6) is 0 Å². The smallest absolute Gasteiger partial charge is 0.0674 e. The van der Waals surface area contributed by atoms with Crippen molar-refractivity contribution >= 4 is 0 Å². The molecule has 0 aromatic carbocycles. The monoisotopic (exact) mass is 226 g/mol. The Hall–Kier alpha value is -0.120. The second-order valence-corrected chi connectivity index (χ2v) is 5.48. The van der Waals surface area contributed by atoms with Crippen LogP contribution in [0.3, 0.4) is 0 Å². The molecule has 1 aliphatic carbocycles. The van der Waals surface area contributed by atoms with E-state index in [4.69, 9.17) is 4.74 Å². The van der Waals surface area contributed by atoms with Crippen LogP contribution in [0, 0.1) is 0 Å². The zero-order chi connectivity index (χ0) is 11.5. The van der Waals surface area contributed by atoms with Crippen LogP contribution in [0.1, 0.15) is 39.5 Å². The van der Waals surface area contributed by atoms with Crippen LogP contribution in [0.4, 0.5) is 0 Å². The fourth-order valence-electron chi connectivity index (χ4n) is 3.13. The Bertz CT molecular complexity index is 214. The molecular weight excluding hydrogens is 200 g/mol. The van der Waals surface area contributed by atoms with Crippen molar-refractivity contribution in [2.24, 2.45) is 0 Å². The second-order valence-electron chi connectivity index (χ2n) is 5.48. The average molecular weight is 226 g/mol. The van der Waals surface area contributed by atoms with Crippen molar-refractivity contribution in [3.8, 4) is 0 Å². The molecule has 0 radical (unpaired) electrons. The summed E-state index contributed by atoms with van der Waals surface area (Å²) in [5, 5.41) is 3.40. The molecule has 1 N–H and O–H groups in total. The van der Waals surface area contributed by atoms with Gasteiger partial charge in [-0.15, -0.1) is 0 Å². The lowest BCUT2D eigenvalue weighted by atomic mass is 9.89. The molecule has 1 heterocycles. The fraction of sp³-hybridized carbons (Fsp3) is 1.00. The van der Waals surface area contributed by atoms with E-state index < -0.39 is 0 Å². The molecule has 16 heavy (non-hydrogen) atoms. The highest BCUT2D eigenvalue weighted by Gasteiger charge is 2.31. The molecule has 1 saturated heterocycles. The fourth-order valence-corrected chi connectivity index (χ4v) is 3.13. The minimum absolute atomic E-state index is 0.415. The summed E-state index contributed by atoms with van der Waals surface area (Å²) in [7, 11) is 2.09. The summed E-state index contributed by atoms with van der Waals surface area (Å²) in [4.78, 5) is 2.68. The molecule has 0 amide bonds. The van der Waals surface area contributed by atoms with Crippen molar-refractivity contribution in [1.29, 1.82) is 0 Å². The first kappa shape index (κ1) is 12.3. The van der Waals surface area contributed by atoms with E-state index in [2.05, 4.69) is 31.1 Å². The Morgan fingerprint density at radius 2 is 1.81 bits per heavy atom. The Morgan fingerprint density at radius 3 is 2.44 bits per heavy atom. The van der Waals surface area contributed by atoms with E-state index in [-0.39, 0.29) is 0 Å². The molecule has 2 atom stereocenters. The van der Waals surface area contributed by atoms with Gasteiger partial charge in [-0.2, -0.15) is 0 Å². The lowest BCUT2D eigenvalue weighted by molar-refractivity contribution is -0.0718. The van der Waals surface area contributed by atoms with Gasteiger partial charge in [0.25, 0.3) is 0 Å². The summed E-state index contributed by atoms with van der Waals surface area (Å²) in [5.41, 5.74) is 0. The summed E-state index contributed by atoms with van der Waals surface area (Å²) in [5.74, 6) is 0. The Morgan fingerprint density at radius 1 is 1.12 bits per heavy atom. The van der Waals surface area contributed by atoms with Gasteiger partial charge < -0.3 is 10.1 Å². The highest BCUT2D eigenvalue weighted by molar-refractivity contribution is 4.87. The second kappa shape index (κ2) is 5.48. The van der Waals surface area contributed by atoms with Gasteiger partial charge >= 0.3 is 0 Å². The van der Waals surface area contributed by atoms with Gasteiger partial charge in [0.1, 0.15) is 0 Å². The van der Waals surface area contributed by atoms with Crippen LogP contribution in [-0.4, -0.2) is 49.3 Å². The van der Waals surface area contributed by atoms with E-state index in [1.54, 1.807) is 0 Å². The number of ether oxygens (including phenoxy) is 1. The van der Waals surface area contributed by atoms with Crippen LogP contribution >= 0.6 is 0 Å². The largest absolute Gasteiger partial charge is 0.376 e. The van der Waals surface area contributed by atoms with Gasteiger partial charge in [-0.3, -0.25) is 4.90 Å². The molecule has 3 nitrogen and oxygen atoms in total. The third-order valence-corrected chi connectivity index (χ3v) is 4.23. The van der Waals surface area contributed by atoms with Crippen LogP contribution in [0.25, 0.3) is 0 Å². The van der Waals surface area contributed by atoms with Gasteiger partial charge in [0.2, 0.25) is 0 Å². The predicted molar refractivity (Wildman–Crippen MR) is 66.7 cm³/mol. The number of hydrogen-bond donors (Lipinski definition) is 1. The molecule has 0 aromatic rings. The topological polar surface area (TPSA) is 24.5 Å². The van der Waals surface area contributed by atoms with E-state index in [1.807, 2.05) is 0 Å². The predicted octanol–water partition coefficient (Wildman–Crippen LogP) is 1.63. The molecule has 2 fully saturated rings. The minimum Gasteiger partial charge on any atom is -0.376 e. The van der Waals surface area contributed by atoms with Crippen molar-refractivity contribution in [3.63, 3.8) is 0 Å². The van der Waals surface area contributed by atoms with Crippen molar-refractivity contribution in [3.05, 3.63) is 0 Å². The average Bonchev–Trinajstić information content (AvgIpc) is 2.32. The van der Waals surface area contributed by atoms with Crippen LogP contribution in [0.15, 0.2) is 0 Å². The van der Waals surface area contributed by atoms with E-state index in [9.17, 15) is 0 Å². The van der Waals surface area contributed by atoms with Gasteiger partial charge in [-0.1, -0.05) is 0 Å². The molecule has 94 valence electrons. The molecule has 1 aliphatic heterocycles. The maximum atomic E-state index is 5.70. The molecule has 0 aromatic heterocycles. The highest BCUT2D eigenvalue weighted by atomic mass is 16.5. The van der Waals surface area contributed by atoms with Gasteiger partial charge in [0, 0.05) is 24.7 Å². The maximum absolute atomic E-state index is 5.70. The number of hydrogen-bond acceptors (Lipinski definition) is 3. The summed E-state index contributed by atoms with van der Waals surface area (Å²) in [6.07, 6.45) is 5.78. The highest BCUT2D eigenvalue weighted by Crippen LogP contribution is 2.26. The first-order chi connectivity index (χ1) is 7.70. The normalized spacial score (nSPS) is 42.2. The molecule has 0 spiro atoms. The summed E-state index contributed by atoms with van der Waals surface area (Å²) in [6.45, 7) is 6.53. The van der Waals surface area contributed by atoms with E-state index >= 15 is 0 Å². The molecule has 0 bridgehead atoms. The molecule has 3 heteroatoms. The molecule has 2 rings (SSSR count). The van der Waals surface area contributed by atoms with Crippen molar-refractivity contribution in [2.45, 2.75) is 63.8 Å². The van der Waals surface area contributed by atoms with E-state index in [0.29, 0.717) is 12.1 Å². The zero-order valence-electron chi connectivity index (χ0n) is 10.9. The molecular formula is C13H26N2O. The lowest BCUT2D eigenvalue weighted by Gasteiger charge is -2.44. The van der Waals surface area contributed by atoms with E-state index in [1.165, 1.54) is 25.7 Å². The minimum atomic E-state index is 0.415. The van der Waals surface area contributed by atoms with Crippen molar-refractivity contribution < 1.29 is 4.74 Å². The number of morpholine rings is 1. The van der Waals surface area contributed by atoms with Crippen LogP contribution in [-0.2, 0) is 4.74 Å². The third kappa shape index (κ3) is 2.76. The number of nitrogens with zero attached hydrogens (tertiary/aromatic N) is 1. The van der Waals surface area contributed by atoms with Gasteiger partial charge in [0.15, 0.2) is 0 Å². The van der Waals surface area contributed by atoms with Gasteiger partial charge in [-0.05, 0) is 46.6 Å². The zero-order valence-corrected chi connectivity index (χ0v) is 10.9. The van der Waals surface area contributed by atoms with Crippen LogP contribution in [0.2, 0.25) is 0 Å². The number of rotatable bonds is 2. The molecule has 2 aliphatic rings. The Kier molecular flexibility index (Phi) is 4.22. The SMILES string of the molecule is CNC1CCC(N2CC(C)OCC2C)CC1. The van der Waals surface area contributed by atoms with Crippen molar-refractivity contribution in [2.75, 3.05) is 20.2 Å². The van der Waals surface area contributed by atoms with E-state index in [0.717, 1.165) is 25.2 Å². The standard InChI is InChI=1S/C13H26N2O/c1-10-9-16-11(2)8-15(10)13-6-4-12(14-3)5-7-13/h10-14H,4-9H2,1-3H3. The summed E-state index contributed by atoms with van der Waals surface area (Å²) in [6, 6.07) is 2.16. The first-order valence-corrected chi connectivity index (χ1v) is 6.75. The van der Waals surface area contributed by atoms with Gasteiger partial charge in [0.05, 0.1) is 12.7 Å². The van der Waals surface area contributed by atoms with Gasteiger partial charge in [-0.25, -0.2) is 0 Å². The molecule has 1 saturated carbocycles. The third-order valence-electron chi connectivity index (χ3n) is 4.23. The Labute approximate surface area is 99.5 Å². The molecule has 2 unspecified atom stereocenters. The summed E-state index contributed by atoms with van der Waals surface area (Å²) >= 11 is 0.